The van der Waals surface area contributed by atoms with Crippen molar-refractivity contribution in [3.8, 4) is 0 Å². The molecule has 0 saturated carbocycles. The van der Waals surface area contributed by atoms with Crippen LogP contribution in [0.4, 0.5) is 0 Å². The summed E-state index contributed by atoms with van der Waals surface area (Å²) >= 11 is 0. The molecule has 3 aromatic heterocycles. The molecule has 0 amide bonds. The fraction of sp³-hybridized carbons (Fsp3) is 0.0400. The van der Waals surface area contributed by atoms with Gasteiger partial charge in [-0.15, -0.1) is 0 Å². The molecule has 0 spiro atoms. The Bertz CT molecular complexity index is 1570. The number of aromatic nitrogens is 3. The molecular formula is C25H18N4. The quantitative estimate of drug-likeness (QED) is 0.415. The van der Waals surface area contributed by atoms with E-state index in [1.165, 1.54) is 16.3 Å². The van der Waals surface area contributed by atoms with Crippen molar-refractivity contribution in [2.24, 2.45) is 4.99 Å². The Labute approximate surface area is 166 Å². The maximum atomic E-state index is 4.86. The Morgan fingerprint density at radius 3 is 2.41 bits per heavy atom. The Kier molecular flexibility index (Phi) is 3.50. The van der Waals surface area contributed by atoms with E-state index >= 15 is 0 Å². The van der Waals surface area contributed by atoms with Gasteiger partial charge in [0.05, 0.1) is 23.1 Å². The first kappa shape index (κ1) is 16.1. The van der Waals surface area contributed by atoms with Gasteiger partial charge in [-0.05, 0) is 23.8 Å². The van der Waals surface area contributed by atoms with E-state index in [1.807, 2.05) is 24.3 Å². The first-order chi connectivity index (χ1) is 14.4. The number of H-pyrrole nitrogens is 1. The van der Waals surface area contributed by atoms with Crippen molar-refractivity contribution >= 4 is 38.2 Å². The fourth-order valence-corrected chi connectivity index (χ4v) is 4.09. The fourth-order valence-electron chi connectivity index (χ4n) is 4.09. The molecule has 138 valence electrons. The van der Waals surface area contributed by atoms with Crippen LogP contribution in [-0.4, -0.2) is 14.4 Å². The Morgan fingerprint density at radius 1 is 0.759 bits per heavy atom. The van der Waals surface area contributed by atoms with Crippen molar-refractivity contribution in [3.05, 3.63) is 102 Å². The van der Waals surface area contributed by atoms with Crippen LogP contribution in [0, 0.1) is 0 Å². The minimum absolute atomic E-state index is 0.596. The van der Waals surface area contributed by atoms with E-state index in [2.05, 4.69) is 76.2 Å². The Balaban J connectivity index is 1.74. The molecule has 0 aliphatic carbocycles. The van der Waals surface area contributed by atoms with Gasteiger partial charge in [0.1, 0.15) is 0 Å². The molecule has 0 fully saturated rings. The number of hydrogen-bond donors (Lipinski definition) is 1. The van der Waals surface area contributed by atoms with Gasteiger partial charge in [0, 0.05) is 27.9 Å². The predicted octanol–water partition coefficient (Wildman–Crippen LogP) is 5.22. The predicted molar refractivity (Wildman–Crippen MR) is 118 cm³/mol. The normalized spacial score (nSPS) is 12.5. The average Bonchev–Trinajstić information content (AvgIpc) is 3.17. The number of nitrogens with zero attached hydrogens (tertiary/aromatic N) is 3. The van der Waals surface area contributed by atoms with E-state index in [1.54, 1.807) is 0 Å². The lowest BCUT2D eigenvalue weighted by Crippen LogP contribution is -2.19. The Morgan fingerprint density at radius 2 is 1.52 bits per heavy atom. The largest absolute Gasteiger partial charge is 0.353 e. The Hall–Kier alpha value is -3.92. The molecule has 4 heteroatoms. The molecule has 0 aliphatic heterocycles. The van der Waals surface area contributed by atoms with Crippen LogP contribution in [0.5, 0.6) is 0 Å². The summed E-state index contributed by atoms with van der Waals surface area (Å²) in [4.78, 5) is 13.3. The molecule has 0 saturated heterocycles. The standard InChI is InChI=1S/C25H18N4/c1-2-8-17(9-3-1)16-26-25-28-22-13-7-5-11-20(22)24-23-19(14-15-29(24)25)18-10-4-6-12-21(18)27-23/h1-15,27H,16H2. The topological polar surface area (TPSA) is 45.5 Å². The van der Waals surface area contributed by atoms with Gasteiger partial charge in [0.25, 0.3) is 0 Å². The highest BCUT2D eigenvalue weighted by molar-refractivity contribution is 6.16. The highest BCUT2D eigenvalue weighted by atomic mass is 15.0. The van der Waals surface area contributed by atoms with E-state index in [9.17, 15) is 0 Å². The molecule has 0 bridgehead atoms. The van der Waals surface area contributed by atoms with Crippen LogP contribution >= 0.6 is 0 Å². The van der Waals surface area contributed by atoms with Crippen LogP contribution in [0.2, 0.25) is 0 Å². The molecule has 6 rings (SSSR count). The number of aromatic amines is 1. The van der Waals surface area contributed by atoms with Crippen LogP contribution < -0.4 is 5.62 Å². The third-order valence-corrected chi connectivity index (χ3v) is 5.46. The van der Waals surface area contributed by atoms with E-state index < -0.39 is 0 Å². The number of fused-ring (bicyclic) bond motifs is 7. The number of pyridine rings is 1. The molecular weight excluding hydrogens is 356 g/mol. The summed E-state index contributed by atoms with van der Waals surface area (Å²) < 4.78 is 2.10. The molecule has 0 atom stereocenters. The molecule has 0 aliphatic rings. The number of nitrogens with one attached hydrogen (secondary N) is 1. The maximum Gasteiger partial charge on any atom is 0.230 e. The van der Waals surface area contributed by atoms with Crippen LogP contribution in [0.3, 0.4) is 0 Å². The first-order valence-corrected chi connectivity index (χ1v) is 9.73. The minimum atomic E-state index is 0.596. The molecule has 29 heavy (non-hydrogen) atoms. The SMILES string of the molecule is c1ccc(CN=c2nc3ccccc3c3c4[nH]c5ccccc5c4ccn23)cc1. The summed E-state index contributed by atoms with van der Waals surface area (Å²) in [5, 5.41) is 3.56. The molecule has 3 heterocycles. The van der Waals surface area contributed by atoms with Gasteiger partial charge in [-0.25, -0.2) is 9.98 Å². The van der Waals surface area contributed by atoms with Crippen molar-refractivity contribution in [2.75, 3.05) is 0 Å². The number of benzene rings is 3. The van der Waals surface area contributed by atoms with E-state index in [-0.39, 0.29) is 0 Å². The zero-order valence-corrected chi connectivity index (χ0v) is 15.7. The van der Waals surface area contributed by atoms with E-state index in [0.717, 1.165) is 27.5 Å². The van der Waals surface area contributed by atoms with Crippen molar-refractivity contribution in [3.63, 3.8) is 0 Å². The second-order valence-corrected chi connectivity index (χ2v) is 7.22. The van der Waals surface area contributed by atoms with Gasteiger partial charge in [-0.2, -0.15) is 0 Å². The van der Waals surface area contributed by atoms with E-state index in [4.69, 9.17) is 9.98 Å². The summed E-state index contributed by atoms with van der Waals surface area (Å²) in [5.74, 6) is 0. The highest BCUT2D eigenvalue weighted by Gasteiger charge is 2.11. The molecule has 0 unspecified atom stereocenters. The third kappa shape index (κ3) is 2.53. The number of hydrogen-bond acceptors (Lipinski definition) is 2. The summed E-state index contributed by atoms with van der Waals surface area (Å²) in [6.07, 6.45) is 2.08. The lowest BCUT2D eigenvalue weighted by molar-refractivity contribution is 0.881. The monoisotopic (exact) mass is 374 g/mol. The maximum absolute atomic E-state index is 4.86. The second kappa shape index (κ2) is 6.31. The van der Waals surface area contributed by atoms with Crippen molar-refractivity contribution < 1.29 is 0 Å². The molecule has 0 radical (unpaired) electrons. The van der Waals surface area contributed by atoms with Crippen molar-refractivity contribution in [2.45, 2.75) is 6.54 Å². The van der Waals surface area contributed by atoms with Crippen LogP contribution in [0.1, 0.15) is 5.56 Å². The lowest BCUT2D eigenvalue weighted by atomic mass is 10.1. The van der Waals surface area contributed by atoms with Crippen LogP contribution in [-0.2, 0) is 6.54 Å². The molecule has 1 N–H and O–H groups in total. The third-order valence-electron chi connectivity index (χ3n) is 5.46. The van der Waals surface area contributed by atoms with Gasteiger partial charge in [0.2, 0.25) is 5.62 Å². The summed E-state index contributed by atoms with van der Waals surface area (Å²) in [5.41, 5.74) is 6.19. The van der Waals surface area contributed by atoms with Gasteiger partial charge in [0.15, 0.2) is 0 Å². The minimum Gasteiger partial charge on any atom is -0.353 e. The summed E-state index contributed by atoms with van der Waals surface area (Å²) in [6.45, 7) is 0.596. The average molecular weight is 374 g/mol. The van der Waals surface area contributed by atoms with Gasteiger partial charge in [-0.1, -0.05) is 66.7 Å². The van der Waals surface area contributed by atoms with Crippen LogP contribution in [0.15, 0.2) is 96.1 Å². The zero-order chi connectivity index (χ0) is 19.2. The molecule has 3 aromatic carbocycles. The highest BCUT2D eigenvalue weighted by Crippen LogP contribution is 2.30. The molecule has 6 aromatic rings. The van der Waals surface area contributed by atoms with Crippen LogP contribution in [0.25, 0.3) is 38.2 Å². The zero-order valence-electron chi connectivity index (χ0n) is 15.7. The van der Waals surface area contributed by atoms with Gasteiger partial charge >= 0.3 is 0 Å². The van der Waals surface area contributed by atoms with Crippen molar-refractivity contribution in [1.82, 2.24) is 14.4 Å². The second-order valence-electron chi connectivity index (χ2n) is 7.22. The summed E-state index contributed by atoms with van der Waals surface area (Å²) in [7, 11) is 0. The van der Waals surface area contributed by atoms with Crippen molar-refractivity contribution in [1.29, 1.82) is 0 Å². The first-order valence-electron chi connectivity index (χ1n) is 9.73. The van der Waals surface area contributed by atoms with E-state index in [0.29, 0.717) is 12.2 Å². The van der Waals surface area contributed by atoms with Gasteiger partial charge < -0.3 is 4.98 Å². The number of para-hydroxylation sites is 2. The summed E-state index contributed by atoms with van der Waals surface area (Å²) in [6, 6.07) is 29.1. The molecule has 4 nitrogen and oxygen atoms in total. The van der Waals surface area contributed by atoms with Gasteiger partial charge in [-0.3, -0.25) is 4.40 Å². The number of rotatable bonds is 2. The smallest absolute Gasteiger partial charge is 0.230 e. The lowest BCUT2D eigenvalue weighted by Gasteiger charge is -2.08.